The van der Waals surface area contributed by atoms with E-state index in [4.69, 9.17) is 10.5 Å². The molecular weight excluding hydrogens is 340 g/mol. The number of hydrogen-bond acceptors (Lipinski definition) is 4. The number of amides is 1. The molecule has 0 spiro atoms. The van der Waals surface area contributed by atoms with E-state index in [-0.39, 0.29) is 12.0 Å². The first-order valence-corrected chi connectivity index (χ1v) is 8.00. The van der Waals surface area contributed by atoms with Crippen LogP contribution in [0.25, 0.3) is 10.1 Å². The summed E-state index contributed by atoms with van der Waals surface area (Å²) in [6, 6.07) is 5.88. The molecule has 4 nitrogen and oxygen atoms in total. The van der Waals surface area contributed by atoms with Crippen molar-refractivity contribution in [3.05, 3.63) is 27.5 Å². The number of thiophene rings is 1. The van der Waals surface area contributed by atoms with Crippen molar-refractivity contribution in [1.29, 1.82) is 0 Å². The summed E-state index contributed by atoms with van der Waals surface area (Å²) in [7, 11) is 1.68. The Morgan fingerprint density at radius 1 is 1.55 bits per heavy atom. The van der Waals surface area contributed by atoms with Crippen molar-refractivity contribution in [3.8, 4) is 0 Å². The van der Waals surface area contributed by atoms with Gasteiger partial charge in [-0.05, 0) is 18.6 Å². The van der Waals surface area contributed by atoms with Crippen molar-refractivity contribution in [3.63, 3.8) is 0 Å². The fraction of sp³-hybridized carbons (Fsp3) is 0.357. The molecule has 106 valence electrons. The van der Waals surface area contributed by atoms with Crippen molar-refractivity contribution >= 4 is 48.9 Å². The van der Waals surface area contributed by atoms with Crippen LogP contribution in [-0.2, 0) is 4.74 Å². The first-order chi connectivity index (χ1) is 9.60. The number of likely N-dealkylation sites (tertiary alicyclic amines) is 1. The zero-order valence-electron chi connectivity index (χ0n) is 11.1. The number of nitrogen functional groups attached to an aromatic ring is 1. The molecule has 2 N–H and O–H groups in total. The van der Waals surface area contributed by atoms with Gasteiger partial charge in [-0.25, -0.2) is 0 Å². The average molecular weight is 355 g/mol. The molecule has 1 amide bonds. The number of halogens is 1. The largest absolute Gasteiger partial charge is 0.397 e. The standard InChI is InChI=1S/C14H15BrN2O2S/c1-19-9-4-5-17(7-9)14(18)13-12(16)10-3-2-8(15)6-11(10)20-13/h2-3,6,9H,4-5,7,16H2,1H3. The molecule has 0 radical (unpaired) electrons. The first kappa shape index (κ1) is 13.9. The molecule has 1 fully saturated rings. The molecule has 6 heteroatoms. The van der Waals surface area contributed by atoms with Crippen LogP contribution in [0.4, 0.5) is 5.69 Å². The number of rotatable bonds is 2. The van der Waals surface area contributed by atoms with E-state index >= 15 is 0 Å². The topological polar surface area (TPSA) is 55.6 Å². The van der Waals surface area contributed by atoms with E-state index in [0.29, 0.717) is 17.1 Å². The molecule has 1 atom stereocenters. The smallest absolute Gasteiger partial charge is 0.266 e. The Morgan fingerprint density at radius 3 is 3.05 bits per heavy atom. The first-order valence-electron chi connectivity index (χ1n) is 6.39. The van der Waals surface area contributed by atoms with Gasteiger partial charge in [-0.2, -0.15) is 0 Å². The van der Waals surface area contributed by atoms with Crippen LogP contribution in [0.2, 0.25) is 0 Å². The number of methoxy groups -OCH3 is 1. The molecule has 1 aliphatic heterocycles. The summed E-state index contributed by atoms with van der Waals surface area (Å²) in [4.78, 5) is 15.0. The SMILES string of the molecule is COC1CCN(C(=O)c2sc3cc(Br)ccc3c2N)C1. The molecule has 1 unspecified atom stereocenters. The molecule has 2 heterocycles. The van der Waals surface area contributed by atoms with E-state index in [9.17, 15) is 4.79 Å². The molecule has 1 aromatic heterocycles. The van der Waals surface area contributed by atoms with Crippen molar-refractivity contribution in [2.75, 3.05) is 25.9 Å². The number of fused-ring (bicyclic) bond motifs is 1. The number of benzene rings is 1. The van der Waals surface area contributed by atoms with Gasteiger partial charge in [0.15, 0.2) is 0 Å². The predicted octanol–water partition coefficient (Wildman–Crippen LogP) is 3.11. The molecule has 0 aliphatic carbocycles. The lowest BCUT2D eigenvalue weighted by atomic mass is 10.2. The highest BCUT2D eigenvalue weighted by atomic mass is 79.9. The molecule has 3 rings (SSSR count). The van der Waals surface area contributed by atoms with Crippen LogP contribution in [0, 0.1) is 0 Å². The van der Waals surface area contributed by atoms with E-state index in [2.05, 4.69) is 15.9 Å². The molecule has 0 bridgehead atoms. The van der Waals surface area contributed by atoms with E-state index in [1.165, 1.54) is 11.3 Å². The Bertz CT molecular complexity index is 670. The highest BCUT2D eigenvalue weighted by Gasteiger charge is 2.29. The molecule has 0 saturated carbocycles. The Balaban J connectivity index is 1.94. The monoisotopic (exact) mass is 354 g/mol. The summed E-state index contributed by atoms with van der Waals surface area (Å²) in [5.74, 6) is 0.0133. The second-order valence-corrected chi connectivity index (χ2v) is 6.85. The van der Waals surface area contributed by atoms with Crippen LogP contribution >= 0.6 is 27.3 Å². The summed E-state index contributed by atoms with van der Waals surface area (Å²) in [6.45, 7) is 1.38. The van der Waals surface area contributed by atoms with Crippen molar-refractivity contribution in [2.45, 2.75) is 12.5 Å². The van der Waals surface area contributed by atoms with Gasteiger partial charge >= 0.3 is 0 Å². The maximum absolute atomic E-state index is 12.6. The van der Waals surface area contributed by atoms with Crippen molar-refractivity contribution < 1.29 is 9.53 Å². The lowest BCUT2D eigenvalue weighted by molar-refractivity contribution is 0.0729. The van der Waals surface area contributed by atoms with Crippen LogP contribution in [0.5, 0.6) is 0 Å². The van der Waals surface area contributed by atoms with Gasteiger partial charge < -0.3 is 15.4 Å². The molecule has 1 aromatic carbocycles. The fourth-order valence-electron chi connectivity index (χ4n) is 2.50. The summed E-state index contributed by atoms with van der Waals surface area (Å²) < 4.78 is 7.33. The van der Waals surface area contributed by atoms with Crippen LogP contribution in [0.3, 0.4) is 0 Å². The number of nitrogens with two attached hydrogens (primary N) is 1. The predicted molar refractivity (Wildman–Crippen MR) is 85.3 cm³/mol. The van der Waals surface area contributed by atoms with Gasteiger partial charge in [0.2, 0.25) is 0 Å². The minimum Gasteiger partial charge on any atom is -0.397 e. The summed E-state index contributed by atoms with van der Waals surface area (Å²) in [6.07, 6.45) is 1.03. The molecule has 1 saturated heterocycles. The van der Waals surface area contributed by atoms with Crippen LogP contribution in [0.15, 0.2) is 22.7 Å². The second kappa shape index (κ2) is 5.35. The fourth-order valence-corrected chi connectivity index (χ4v) is 4.14. The van der Waals surface area contributed by atoms with Gasteiger partial charge in [0, 0.05) is 34.8 Å². The number of hydrogen-bond donors (Lipinski definition) is 1. The third-order valence-corrected chi connectivity index (χ3v) is 5.30. The third-order valence-electron chi connectivity index (χ3n) is 3.65. The highest BCUT2D eigenvalue weighted by molar-refractivity contribution is 9.10. The minimum atomic E-state index is 0.0133. The second-order valence-electron chi connectivity index (χ2n) is 4.88. The van der Waals surface area contributed by atoms with Crippen molar-refractivity contribution in [1.82, 2.24) is 4.90 Å². The summed E-state index contributed by atoms with van der Waals surface area (Å²) in [5, 5.41) is 0.948. The Hall–Kier alpha value is -1.11. The van der Waals surface area contributed by atoms with E-state index < -0.39 is 0 Å². The maximum atomic E-state index is 12.6. The Kier molecular flexibility index (Phi) is 3.70. The molecule has 20 heavy (non-hydrogen) atoms. The highest BCUT2D eigenvalue weighted by Crippen LogP contribution is 2.36. The number of anilines is 1. The lowest BCUT2D eigenvalue weighted by Crippen LogP contribution is -2.29. The number of carbonyl (C=O) groups is 1. The van der Waals surface area contributed by atoms with E-state index in [1.54, 1.807) is 7.11 Å². The van der Waals surface area contributed by atoms with Gasteiger partial charge in [-0.1, -0.05) is 22.0 Å². The summed E-state index contributed by atoms with van der Waals surface area (Å²) >= 11 is 4.90. The normalized spacial score (nSPS) is 18.9. The average Bonchev–Trinajstić information content (AvgIpc) is 3.03. The van der Waals surface area contributed by atoms with Gasteiger partial charge in [-0.15, -0.1) is 11.3 Å². The van der Waals surface area contributed by atoms with Gasteiger partial charge in [0.05, 0.1) is 11.8 Å². The number of nitrogens with zero attached hydrogens (tertiary/aromatic N) is 1. The Morgan fingerprint density at radius 2 is 2.35 bits per heavy atom. The summed E-state index contributed by atoms with van der Waals surface area (Å²) in [5.41, 5.74) is 6.73. The van der Waals surface area contributed by atoms with Crippen LogP contribution in [-0.4, -0.2) is 37.1 Å². The van der Waals surface area contributed by atoms with Crippen LogP contribution in [0.1, 0.15) is 16.1 Å². The molecule has 2 aromatic rings. The lowest BCUT2D eigenvalue weighted by Gasteiger charge is -2.15. The van der Waals surface area contributed by atoms with Crippen molar-refractivity contribution in [2.24, 2.45) is 0 Å². The van der Waals surface area contributed by atoms with Gasteiger partial charge in [-0.3, -0.25) is 4.79 Å². The maximum Gasteiger partial charge on any atom is 0.266 e. The zero-order valence-corrected chi connectivity index (χ0v) is 13.5. The number of ether oxygens (including phenoxy) is 1. The number of carbonyl (C=O) groups excluding carboxylic acids is 1. The zero-order chi connectivity index (χ0) is 14.3. The minimum absolute atomic E-state index is 0.0133. The third kappa shape index (κ3) is 2.32. The van der Waals surface area contributed by atoms with Crippen LogP contribution < -0.4 is 5.73 Å². The van der Waals surface area contributed by atoms with E-state index in [1.807, 2.05) is 23.1 Å². The quantitative estimate of drug-likeness (QED) is 0.901. The van der Waals surface area contributed by atoms with E-state index in [0.717, 1.165) is 27.5 Å². The van der Waals surface area contributed by atoms with Gasteiger partial charge in [0.1, 0.15) is 4.88 Å². The molecule has 1 aliphatic rings. The Labute approximate surface area is 129 Å². The molecular formula is C14H15BrN2O2S. The van der Waals surface area contributed by atoms with Gasteiger partial charge in [0.25, 0.3) is 5.91 Å².